The Morgan fingerprint density at radius 1 is 1.21 bits per heavy atom. The molecule has 0 saturated carbocycles. The standard InChI is InChI=1S/C16H26BNO6/c1-23-13-6-4-7-14(12-13)24-11-5-9-16(18,15(19)20)8-2-3-10-17(21)22/h4,6-7,12,21-22H,2-3,5,8-11,18H2,1H3,(H,19,20). The fourth-order valence-electron chi connectivity index (χ4n) is 2.37. The number of hydrogen-bond acceptors (Lipinski definition) is 6. The molecule has 0 spiro atoms. The van der Waals surface area contributed by atoms with Crippen LogP contribution in [0.4, 0.5) is 0 Å². The lowest BCUT2D eigenvalue weighted by molar-refractivity contribution is -0.144. The van der Waals surface area contributed by atoms with E-state index in [2.05, 4.69) is 0 Å². The molecule has 24 heavy (non-hydrogen) atoms. The zero-order chi connectivity index (χ0) is 18.0. The minimum atomic E-state index is -1.36. The van der Waals surface area contributed by atoms with Crippen LogP contribution in [0.3, 0.4) is 0 Å². The minimum Gasteiger partial charge on any atom is -0.497 e. The van der Waals surface area contributed by atoms with E-state index in [0.717, 1.165) is 0 Å². The molecule has 1 aromatic rings. The fourth-order valence-corrected chi connectivity index (χ4v) is 2.37. The van der Waals surface area contributed by atoms with Gasteiger partial charge in [-0.3, -0.25) is 4.79 Å². The first-order chi connectivity index (χ1) is 11.4. The molecule has 0 radical (unpaired) electrons. The highest BCUT2D eigenvalue weighted by Crippen LogP contribution is 2.21. The molecule has 0 amide bonds. The van der Waals surface area contributed by atoms with Crippen molar-refractivity contribution >= 4 is 13.1 Å². The average Bonchev–Trinajstić information content (AvgIpc) is 2.55. The molecule has 134 valence electrons. The second-order valence-electron chi connectivity index (χ2n) is 5.82. The first-order valence-electron chi connectivity index (χ1n) is 8.02. The van der Waals surface area contributed by atoms with E-state index in [0.29, 0.717) is 37.4 Å². The van der Waals surface area contributed by atoms with Crippen molar-refractivity contribution < 1.29 is 29.4 Å². The third-order valence-electron chi connectivity index (χ3n) is 3.84. The van der Waals surface area contributed by atoms with Crippen molar-refractivity contribution in [2.45, 2.75) is 44.0 Å². The summed E-state index contributed by atoms with van der Waals surface area (Å²) in [6.07, 6.45) is 2.33. The van der Waals surface area contributed by atoms with Crippen LogP contribution < -0.4 is 15.2 Å². The predicted octanol–water partition coefficient (Wildman–Crippen LogP) is 1.28. The second kappa shape index (κ2) is 10.2. The van der Waals surface area contributed by atoms with Gasteiger partial charge in [-0.05, 0) is 37.7 Å². The van der Waals surface area contributed by atoms with Crippen LogP contribution in [0.15, 0.2) is 24.3 Å². The average molecular weight is 339 g/mol. The molecule has 0 aromatic heterocycles. The van der Waals surface area contributed by atoms with Crippen LogP contribution in [-0.4, -0.2) is 47.5 Å². The van der Waals surface area contributed by atoms with Gasteiger partial charge in [-0.25, -0.2) is 0 Å². The number of hydrogen-bond donors (Lipinski definition) is 4. The Labute approximate surface area is 142 Å². The molecule has 8 heteroatoms. The van der Waals surface area contributed by atoms with Crippen LogP contribution in [0.5, 0.6) is 11.5 Å². The maximum absolute atomic E-state index is 11.4. The van der Waals surface area contributed by atoms with Gasteiger partial charge in [-0.2, -0.15) is 0 Å². The number of aliphatic carboxylic acids is 1. The molecule has 7 nitrogen and oxygen atoms in total. The topological polar surface area (TPSA) is 122 Å². The molecule has 1 aromatic carbocycles. The third kappa shape index (κ3) is 7.20. The molecule has 0 heterocycles. The summed E-state index contributed by atoms with van der Waals surface area (Å²) in [7, 11) is 0.211. The number of carboxylic acid groups (broad SMARTS) is 1. The Kier molecular flexibility index (Phi) is 8.60. The van der Waals surface area contributed by atoms with E-state index < -0.39 is 18.6 Å². The zero-order valence-electron chi connectivity index (χ0n) is 14.0. The number of unbranched alkanes of at least 4 members (excludes halogenated alkanes) is 1. The van der Waals surface area contributed by atoms with Crippen molar-refractivity contribution in [3.63, 3.8) is 0 Å². The molecule has 0 bridgehead atoms. The van der Waals surface area contributed by atoms with E-state index in [1.54, 1.807) is 19.2 Å². The number of carboxylic acids is 1. The van der Waals surface area contributed by atoms with Gasteiger partial charge in [0.1, 0.15) is 17.0 Å². The molecule has 0 fully saturated rings. The van der Waals surface area contributed by atoms with E-state index in [1.807, 2.05) is 12.1 Å². The Hall–Kier alpha value is -1.77. The van der Waals surface area contributed by atoms with Gasteiger partial charge in [0.15, 0.2) is 0 Å². The first kappa shape index (κ1) is 20.3. The lowest BCUT2D eigenvalue weighted by Crippen LogP contribution is -2.48. The van der Waals surface area contributed by atoms with Gasteiger partial charge >= 0.3 is 13.1 Å². The maximum Gasteiger partial charge on any atom is 0.451 e. The number of rotatable bonds is 12. The third-order valence-corrected chi connectivity index (χ3v) is 3.84. The summed E-state index contributed by atoms with van der Waals surface area (Å²) in [5.41, 5.74) is 4.66. The molecule has 0 aliphatic rings. The van der Waals surface area contributed by atoms with Gasteiger partial charge in [-0.1, -0.05) is 18.9 Å². The first-order valence-corrected chi connectivity index (χ1v) is 8.02. The van der Waals surface area contributed by atoms with Crippen LogP contribution >= 0.6 is 0 Å². The van der Waals surface area contributed by atoms with Crippen molar-refractivity contribution in [2.75, 3.05) is 13.7 Å². The molecule has 1 rings (SSSR count). The summed E-state index contributed by atoms with van der Waals surface area (Å²) >= 11 is 0. The van der Waals surface area contributed by atoms with Crippen LogP contribution in [0.2, 0.25) is 6.32 Å². The van der Waals surface area contributed by atoms with Gasteiger partial charge < -0.3 is 30.4 Å². The van der Waals surface area contributed by atoms with E-state index in [4.69, 9.17) is 25.3 Å². The van der Waals surface area contributed by atoms with Crippen molar-refractivity contribution in [1.82, 2.24) is 0 Å². The van der Waals surface area contributed by atoms with E-state index in [9.17, 15) is 9.90 Å². The van der Waals surface area contributed by atoms with Gasteiger partial charge in [0.05, 0.1) is 13.7 Å². The van der Waals surface area contributed by atoms with E-state index >= 15 is 0 Å². The van der Waals surface area contributed by atoms with Crippen molar-refractivity contribution in [3.05, 3.63) is 24.3 Å². The van der Waals surface area contributed by atoms with Crippen molar-refractivity contribution in [2.24, 2.45) is 5.73 Å². The molecular weight excluding hydrogens is 313 g/mol. The smallest absolute Gasteiger partial charge is 0.451 e. The van der Waals surface area contributed by atoms with Gasteiger partial charge in [0.2, 0.25) is 0 Å². The minimum absolute atomic E-state index is 0.217. The Morgan fingerprint density at radius 3 is 2.50 bits per heavy atom. The maximum atomic E-state index is 11.4. The SMILES string of the molecule is COc1cccc(OCCCC(N)(CCCCB(O)O)C(=O)O)c1. The Balaban J connectivity index is 2.38. The lowest BCUT2D eigenvalue weighted by atomic mass is 9.81. The number of nitrogens with two attached hydrogens (primary N) is 1. The summed E-state index contributed by atoms with van der Waals surface area (Å²) in [5.74, 6) is 0.301. The van der Waals surface area contributed by atoms with E-state index in [-0.39, 0.29) is 19.2 Å². The van der Waals surface area contributed by atoms with Crippen LogP contribution in [0, 0.1) is 0 Å². The normalized spacial score (nSPS) is 13.2. The lowest BCUT2D eigenvalue weighted by Gasteiger charge is -2.24. The van der Waals surface area contributed by atoms with Crippen LogP contribution in [-0.2, 0) is 4.79 Å². The number of methoxy groups -OCH3 is 1. The number of carbonyl (C=O) groups is 1. The van der Waals surface area contributed by atoms with Crippen molar-refractivity contribution in [3.8, 4) is 11.5 Å². The monoisotopic (exact) mass is 339 g/mol. The highest BCUT2D eigenvalue weighted by atomic mass is 16.5. The summed E-state index contributed by atoms with van der Waals surface area (Å²) < 4.78 is 10.7. The molecule has 5 N–H and O–H groups in total. The second-order valence-corrected chi connectivity index (χ2v) is 5.82. The number of benzene rings is 1. The predicted molar refractivity (Wildman–Crippen MR) is 91.1 cm³/mol. The summed E-state index contributed by atoms with van der Waals surface area (Å²) in [6.45, 7) is 0.356. The molecular formula is C16H26BNO6. The molecule has 0 saturated heterocycles. The fraction of sp³-hybridized carbons (Fsp3) is 0.562. The molecule has 0 aliphatic heterocycles. The molecule has 1 unspecified atom stereocenters. The summed E-state index contributed by atoms with van der Waals surface area (Å²) in [4.78, 5) is 11.4. The van der Waals surface area contributed by atoms with Gasteiger partial charge in [0.25, 0.3) is 0 Å². The van der Waals surface area contributed by atoms with Gasteiger partial charge in [-0.15, -0.1) is 0 Å². The summed E-state index contributed by atoms with van der Waals surface area (Å²) in [5, 5.41) is 26.9. The highest BCUT2D eigenvalue weighted by Gasteiger charge is 2.32. The largest absolute Gasteiger partial charge is 0.497 e. The van der Waals surface area contributed by atoms with Gasteiger partial charge in [0, 0.05) is 6.07 Å². The van der Waals surface area contributed by atoms with Crippen LogP contribution in [0.1, 0.15) is 32.1 Å². The summed E-state index contributed by atoms with van der Waals surface area (Å²) in [6, 6.07) is 7.18. The zero-order valence-corrected chi connectivity index (χ0v) is 14.0. The highest BCUT2D eigenvalue weighted by molar-refractivity contribution is 6.40. The number of ether oxygens (including phenoxy) is 2. The Morgan fingerprint density at radius 2 is 1.88 bits per heavy atom. The molecule has 0 aliphatic carbocycles. The molecule has 1 atom stereocenters. The van der Waals surface area contributed by atoms with Crippen LogP contribution in [0.25, 0.3) is 0 Å². The van der Waals surface area contributed by atoms with E-state index in [1.165, 1.54) is 0 Å². The Bertz CT molecular complexity index is 513. The quantitative estimate of drug-likeness (QED) is 0.334. The van der Waals surface area contributed by atoms with Crippen molar-refractivity contribution in [1.29, 1.82) is 0 Å².